The van der Waals surface area contributed by atoms with Crippen molar-refractivity contribution in [2.24, 2.45) is 5.73 Å². The largest absolute Gasteiger partial charge is 0.461 e. The number of nitrogens with one attached hydrogen (secondary N) is 1. The van der Waals surface area contributed by atoms with E-state index >= 15 is 0 Å². The minimum absolute atomic E-state index is 0.154. The molecule has 1 heterocycles. The lowest BCUT2D eigenvalue weighted by molar-refractivity contribution is -0.135. The van der Waals surface area contributed by atoms with Crippen molar-refractivity contribution in [2.45, 2.75) is 27.7 Å². The van der Waals surface area contributed by atoms with Crippen molar-refractivity contribution < 1.29 is 14.3 Å². The van der Waals surface area contributed by atoms with Crippen molar-refractivity contribution in [1.82, 2.24) is 0 Å². The molecule has 0 aliphatic heterocycles. The van der Waals surface area contributed by atoms with Crippen molar-refractivity contribution in [1.29, 1.82) is 5.41 Å². The minimum atomic E-state index is -0.774. The molecule has 0 aromatic carbocycles. The van der Waals surface area contributed by atoms with Crippen LogP contribution in [0, 0.1) is 5.41 Å². The number of carbonyl (C=O) groups is 2. The molecule has 120 valence electrons. The number of thiophene rings is 1. The van der Waals surface area contributed by atoms with E-state index in [9.17, 15) is 9.59 Å². The van der Waals surface area contributed by atoms with Gasteiger partial charge in [0.05, 0.1) is 17.0 Å². The number of amides is 1. The van der Waals surface area contributed by atoms with Gasteiger partial charge >= 0.3 is 5.97 Å². The van der Waals surface area contributed by atoms with Crippen LogP contribution >= 0.6 is 11.3 Å². The van der Waals surface area contributed by atoms with Crippen LogP contribution in [-0.2, 0) is 9.53 Å². The van der Waals surface area contributed by atoms with Gasteiger partial charge in [0.15, 0.2) is 5.71 Å². The summed E-state index contributed by atoms with van der Waals surface area (Å²) in [5.41, 5.74) is 5.17. The maximum absolute atomic E-state index is 11.7. The van der Waals surface area contributed by atoms with Gasteiger partial charge in [0, 0.05) is 9.75 Å². The summed E-state index contributed by atoms with van der Waals surface area (Å²) in [5, 5.41) is 8.44. The van der Waals surface area contributed by atoms with E-state index in [4.69, 9.17) is 15.9 Å². The lowest BCUT2D eigenvalue weighted by Gasteiger charge is -2.03. The highest BCUT2D eigenvalue weighted by molar-refractivity contribution is 7.13. The topological polar surface area (TPSA) is 93.2 Å². The van der Waals surface area contributed by atoms with Crippen LogP contribution < -0.4 is 15.5 Å². The second kappa shape index (κ2) is 9.68. The molecule has 1 aromatic rings. The predicted molar refractivity (Wildman–Crippen MR) is 91.7 cm³/mol. The van der Waals surface area contributed by atoms with Crippen LogP contribution in [-0.4, -0.2) is 24.2 Å². The fourth-order valence-corrected chi connectivity index (χ4v) is 2.79. The fourth-order valence-electron chi connectivity index (χ4n) is 1.68. The summed E-state index contributed by atoms with van der Waals surface area (Å²) in [7, 11) is 0. The Hall–Kier alpha value is -2.21. The van der Waals surface area contributed by atoms with Crippen molar-refractivity contribution >= 4 is 41.1 Å². The van der Waals surface area contributed by atoms with Crippen molar-refractivity contribution in [3.63, 3.8) is 0 Å². The van der Waals surface area contributed by atoms with Gasteiger partial charge in [-0.05, 0) is 13.8 Å². The van der Waals surface area contributed by atoms with Gasteiger partial charge in [-0.1, -0.05) is 38.7 Å². The van der Waals surface area contributed by atoms with Gasteiger partial charge in [0.2, 0.25) is 0 Å². The Morgan fingerprint density at radius 1 is 1.41 bits per heavy atom. The fraction of sp³-hybridized carbons (Fsp3) is 0.312. The summed E-state index contributed by atoms with van der Waals surface area (Å²) in [6.07, 6.45) is 4.95. The monoisotopic (exact) mass is 322 g/mol. The molecule has 0 radical (unpaired) electrons. The standard InChI is InChI=1S/C14H16N2O3S.C2H6/c1-4-7-8-9(5-2)20-12(10(8)13(16)17)11(15)14(18)19-6-3;1-2/h4-5,7,15H,1,6H2,2-3H3,(H2,16,17);1-2H3/b8-7+,9-5+,15-11?;. The van der Waals surface area contributed by atoms with Gasteiger partial charge in [-0.15, -0.1) is 11.3 Å². The number of hydrogen-bond acceptors (Lipinski definition) is 5. The predicted octanol–water partition coefficient (Wildman–Crippen LogP) is 1.57. The molecule has 0 saturated heterocycles. The zero-order valence-corrected chi connectivity index (χ0v) is 14.2. The molecule has 22 heavy (non-hydrogen) atoms. The molecule has 3 N–H and O–H groups in total. The van der Waals surface area contributed by atoms with Crippen LogP contribution in [0.3, 0.4) is 0 Å². The number of rotatable bonds is 5. The zero-order valence-electron chi connectivity index (χ0n) is 13.4. The quantitative estimate of drug-likeness (QED) is 0.636. The number of nitrogens with two attached hydrogens (primary N) is 1. The van der Waals surface area contributed by atoms with Crippen molar-refractivity contribution in [2.75, 3.05) is 6.61 Å². The summed E-state index contributed by atoms with van der Waals surface area (Å²) >= 11 is 1.16. The zero-order chi connectivity index (χ0) is 17.3. The highest BCUT2D eigenvalue weighted by Gasteiger charge is 2.23. The van der Waals surface area contributed by atoms with Crippen LogP contribution in [0.1, 0.15) is 42.9 Å². The van der Waals surface area contributed by atoms with E-state index in [-0.39, 0.29) is 22.8 Å². The molecule has 1 rings (SSSR count). The van der Waals surface area contributed by atoms with E-state index in [0.29, 0.717) is 5.22 Å². The molecular formula is C16H22N2O3S. The first-order valence-electron chi connectivity index (χ1n) is 6.95. The SMILES string of the molecule is C=C/C=c1/c(C(N)=O)c(C(=N)C(=O)OCC)s/c1=C/C.CC. The maximum atomic E-state index is 11.7. The lowest BCUT2D eigenvalue weighted by Crippen LogP contribution is -2.29. The average Bonchev–Trinajstić information content (AvgIpc) is 2.87. The van der Waals surface area contributed by atoms with Crippen molar-refractivity contribution in [3.8, 4) is 0 Å². The number of allylic oxidation sites excluding steroid dienone is 1. The Bertz CT molecular complexity index is 687. The van der Waals surface area contributed by atoms with Crippen molar-refractivity contribution in [3.05, 3.63) is 32.8 Å². The Morgan fingerprint density at radius 3 is 2.41 bits per heavy atom. The molecule has 6 heteroatoms. The third kappa shape index (κ3) is 4.39. The molecular weight excluding hydrogens is 300 g/mol. The van der Waals surface area contributed by atoms with E-state index < -0.39 is 11.9 Å². The summed E-state index contributed by atoms with van der Waals surface area (Å²) < 4.78 is 5.54. The van der Waals surface area contributed by atoms with Crippen LogP contribution in [0.5, 0.6) is 0 Å². The Balaban J connectivity index is 0.00000211. The maximum Gasteiger partial charge on any atom is 0.357 e. The molecule has 0 atom stereocenters. The number of ether oxygens (including phenoxy) is 1. The molecule has 0 aliphatic carbocycles. The van der Waals surface area contributed by atoms with E-state index in [0.717, 1.165) is 15.9 Å². The van der Waals surface area contributed by atoms with Crippen LogP contribution in [0.25, 0.3) is 12.2 Å². The Labute approximate surface area is 134 Å². The summed E-state index contributed by atoms with van der Waals surface area (Å²) in [4.78, 5) is 23.5. The van der Waals surface area contributed by atoms with Gasteiger partial charge < -0.3 is 10.5 Å². The normalized spacial score (nSPS) is 11.5. The molecule has 5 nitrogen and oxygen atoms in total. The van der Waals surface area contributed by atoms with Crippen LogP contribution in [0.2, 0.25) is 0 Å². The molecule has 0 spiro atoms. The highest BCUT2D eigenvalue weighted by atomic mass is 32.1. The Morgan fingerprint density at radius 2 is 2.00 bits per heavy atom. The van der Waals surface area contributed by atoms with Gasteiger partial charge in [0.1, 0.15) is 0 Å². The van der Waals surface area contributed by atoms with Gasteiger partial charge in [-0.2, -0.15) is 0 Å². The number of hydrogen-bond donors (Lipinski definition) is 2. The summed E-state index contributed by atoms with van der Waals surface area (Å²) in [5.74, 6) is -1.46. The van der Waals surface area contributed by atoms with E-state index in [1.54, 1.807) is 26.0 Å². The first kappa shape index (κ1) is 19.8. The third-order valence-electron chi connectivity index (χ3n) is 2.47. The Kier molecular flexibility index (Phi) is 8.70. The van der Waals surface area contributed by atoms with Gasteiger partial charge in [-0.25, -0.2) is 4.79 Å². The average molecular weight is 322 g/mol. The third-order valence-corrected chi connectivity index (χ3v) is 3.76. The molecule has 0 saturated carbocycles. The first-order chi connectivity index (χ1) is 10.5. The molecule has 0 unspecified atom stereocenters. The highest BCUT2D eigenvalue weighted by Crippen LogP contribution is 2.10. The van der Waals surface area contributed by atoms with Crippen LogP contribution in [0.4, 0.5) is 0 Å². The second-order valence-corrected chi connectivity index (χ2v) is 4.79. The minimum Gasteiger partial charge on any atom is -0.461 e. The summed E-state index contributed by atoms with van der Waals surface area (Å²) in [6.45, 7) is 11.2. The van der Waals surface area contributed by atoms with Gasteiger partial charge in [0.25, 0.3) is 5.91 Å². The molecule has 1 amide bonds. The number of esters is 1. The molecule has 0 fully saturated rings. The smallest absolute Gasteiger partial charge is 0.357 e. The van der Waals surface area contributed by atoms with Gasteiger partial charge in [-0.3, -0.25) is 10.2 Å². The van der Waals surface area contributed by atoms with E-state index in [1.165, 1.54) is 6.08 Å². The first-order valence-corrected chi connectivity index (χ1v) is 7.77. The lowest BCUT2D eigenvalue weighted by atomic mass is 10.1. The van der Waals surface area contributed by atoms with E-state index in [2.05, 4.69) is 6.58 Å². The summed E-state index contributed by atoms with van der Waals surface area (Å²) in [6, 6.07) is 0. The molecule has 0 aliphatic rings. The van der Waals surface area contributed by atoms with E-state index in [1.807, 2.05) is 13.8 Å². The molecule has 1 aromatic heterocycles. The molecule has 0 bridgehead atoms. The van der Waals surface area contributed by atoms with Crippen LogP contribution in [0.15, 0.2) is 12.7 Å². The number of carbonyl (C=O) groups excluding carboxylic acids is 2. The number of primary amides is 1. The second-order valence-electron chi connectivity index (χ2n) is 3.73.